The van der Waals surface area contributed by atoms with Crippen molar-refractivity contribution >= 4 is 16.5 Å². The molecule has 1 aromatic heterocycles. The first-order valence-corrected chi connectivity index (χ1v) is 8.17. The summed E-state index contributed by atoms with van der Waals surface area (Å²) in [5, 5.41) is 10.6. The minimum atomic E-state index is -0.00519. The molecule has 5 heteroatoms. The van der Waals surface area contributed by atoms with Crippen LogP contribution in [0.25, 0.3) is 0 Å². The molecule has 0 radical (unpaired) electrons. The molecule has 2 heterocycles. The molecule has 20 heavy (non-hydrogen) atoms. The summed E-state index contributed by atoms with van der Waals surface area (Å²) in [7, 11) is 4.32. The summed E-state index contributed by atoms with van der Waals surface area (Å²) in [6, 6.07) is 0.686. The van der Waals surface area contributed by atoms with E-state index in [1.54, 1.807) is 11.3 Å². The minimum absolute atomic E-state index is 0.00519. The van der Waals surface area contributed by atoms with E-state index in [-0.39, 0.29) is 12.0 Å². The third kappa shape index (κ3) is 3.32. The number of anilines is 1. The standard InChI is InChI=1S/C15H27N3OS/c1-15(2,3)13-12(10-19)20-14(16-13)18-8-6-11(7-9-18)17(4)5/h11,19H,6-10H2,1-5H3. The lowest BCUT2D eigenvalue weighted by Crippen LogP contribution is -2.42. The van der Waals surface area contributed by atoms with Gasteiger partial charge in [0.25, 0.3) is 0 Å². The van der Waals surface area contributed by atoms with Crippen LogP contribution in [-0.4, -0.2) is 48.2 Å². The van der Waals surface area contributed by atoms with Gasteiger partial charge in [0.15, 0.2) is 5.13 Å². The smallest absolute Gasteiger partial charge is 0.185 e. The number of thiazole rings is 1. The molecule has 1 fully saturated rings. The number of aliphatic hydroxyl groups is 1. The lowest BCUT2D eigenvalue weighted by Gasteiger charge is -2.35. The molecule has 114 valence electrons. The predicted molar refractivity (Wildman–Crippen MR) is 85.7 cm³/mol. The Kier molecular flexibility index (Phi) is 4.72. The highest BCUT2D eigenvalue weighted by Gasteiger charge is 2.27. The Balaban J connectivity index is 2.13. The molecule has 1 N–H and O–H groups in total. The van der Waals surface area contributed by atoms with Gasteiger partial charge in [0.05, 0.1) is 17.2 Å². The Morgan fingerprint density at radius 3 is 2.30 bits per heavy atom. The van der Waals surface area contributed by atoms with Crippen molar-refractivity contribution < 1.29 is 5.11 Å². The van der Waals surface area contributed by atoms with Gasteiger partial charge >= 0.3 is 0 Å². The summed E-state index contributed by atoms with van der Waals surface area (Å²) in [6.07, 6.45) is 2.37. The van der Waals surface area contributed by atoms with Crippen molar-refractivity contribution in [2.24, 2.45) is 0 Å². The molecule has 0 aliphatic carbocycles. The highest BCUT2D eigenvalue weighted by Crippen LogP contribution is 2.35. The molecule has 1 aliphatic heterocycles. The fraction of sp³-hybridized carbons (Fsp3) is 0.800. The second-order valence-electron chi connectivity index (χ2n) is 6.86. The molecule has 1 aromatic rings. The van der Waals surface area contributed by atoms with Crippen LogP contribution in [-0.2, 0) is 12.0 Å². The van der Waals surface area contributed by atoms with E-state index >= 15 is 0 Å². The fourth-order valence-corrected chi connectivity index (χ4v) is 3.92. The largest absolute Gasteiger partial charge is 0.391 e. The summed E-state index contributed by atoms with van der Waals surface area (Å²) < 4.78 is 0. The molecule has 0 atom stereocenters. The molecule has 0 amide bonds. The average Bonchev–Trinajstić information content (AvgIpc) is 2.83. The van der Waals surface area contributed by atoms with Crippen LogP contribution >= 0.6 is 11.3 Å². The van der Waals surface area contributed by atoms with Gasteiger partial charge in [0.2, 0.25) is 0 Å². The number of rotatable bonds is 3. The van der Waals surface area contributed by atoms with E-state index in [2.05, 4.69) is 44.7 Å². The van der Waals surface area contributed by atoms with E-state index in [0.29, 0.717) is 6.04 Å². The Morgan fingerprint density at radius 1 is 1.30 bits per heavy atom. The van der Waals surface area contributed by atoms with Gasteiger partial charge < -0.3 is 14.9 Å². The van der Waals surface area contributed by atoms with Crippen LogP contribution in [0.4, 0.5) is 5.13 Å². The van der Waals surface area contributed by atoms with E-state index in [0.717, 1.165) is 28.8 Å². The van der Waals surface area contributed by atoms with Crippen LogP contribution in [0.3, 0.4) is 0 Å². The zero-order valence-electron chi connectivity index (χ0n) is 13.3. The zero-order valence-corrected chi connectivity index (χ0v) is 14.1. The number of hydrogen-bond donors (Lipinski definition) is 1. The normalized spacial score (nSPS) is 18.1. The van der Waals surface area contributed by atoms with Crippen LogP contribution in [0.5, 0.6) is 0 Å². The van der Waals surface area contributed by atoms with E-state index < -0.39 is 0 Å². The molecular formula is C15H27N3OS. The Bertz CT molecular complexity index is 442. The maximum absolute atomic E-state index is 9.55. The minimum Gasteiger partial charge on any atom is -0.391 e. The number of aromatic nitrogens is 1. The van der Waals surface area contributed by atoms with Gasteiger partial charge in [-0.2, -0.15) is 0 Å². The lowest BCUT2D eigenvalue weighted by atomic mass is 9.91. The van der Waals surface area contributed by atoms with E-state index in [9.17, 15) is 5.11 Å². The summed E-state index contributed by atoms with van der Waals surface area (Å²) >= 11 is 1.65. The van der Waals surface area contributed by atoms with Gasteiger partial charge in [-0.25, -0.2) is 4.98 Å². The second-order valence-corrected chi connectivity index (χ2v) is 7.92. The molecule has 2 rings (SSSR count). The Hall–Kier alpha value is -0.650. The van der Waals surface area contributed by atoms with Crippen LogP contribution < -0.4 is 4.90 Å². The SMILES string of the molecule is CN(C)C1CCN(c2nc(C(C)(C)C)c(CO)s2)CC1. The van der Waals surface area contributed by atoms with Gasteiger partial charge in [-0.05, 0) is 26.9 Å². The molecule has 1 aliphatic rings. The van der Waals surface area contributed by atoms with E-state index in [4.69, 9.17) is 4.98 Å². The number of hydrogen-bond acceptors (Lipinski definition) is 5. The molecule has 0 unspecified atom stereocenters. The third-order valence-corrected chi connectivity index (χ3v) is 5.11. The monoisotopic (exact) mass is 297 g/mol. The summed E-state index contributed by atoms with van der Waals surface area (Å²) in [4.78, 5) is 10.5. The Labute approximate surface area is 126 Å². The highest BCUT2D eigenvalue weighted by atomic mass is 32.1. The number of piperidine rings is 1. The maximum Gasteiger partial charge on any atom is 0.185 e. The first-order valence-electron chi connectivity index (χ1n) is 7.35. The molecule has 0 bridgehead atoms. The first-order chi connectivity index (χ1) is 9.32. The highest BCUT2D eigenvalue weighted by molar-refractivity contribution is 7.15. The van der Waals surface area contributed by atoms with Crippen molar-refractivity contribution in [3.8, 4) is 0 Å². The van der Waals surface area contributed by atoms with Crippen LogP contribution in [0, 0.1) is 0 Å². The van der Waals surface area contributed by atoms with E-state index in [1.165, 1.54) is 12.8 Å². The van der Waals surface area contributed by atoms with Crippen LogP contribution in [0.2, 0.25) is 0 Å². The van der Waals surface area contributed by atoms with Gasteiger partial charge in [-0.1, -0.05) is 32.1 Å². The maximum atomic E-state index is 9.55. The summed E-state index contributed by atoms with van der Waals surface area (Å²) in [6.45, 7) is 8.68. The molecule has 4 nitrogen and oxygen atoms in total. The number of nitrogens with zero attached hydrogens (tertiary/aromatic N) is 3. The molecule has 0 aromatic carbocycles. The zero-order chi connectivity index (χ0) is 14.9. The van der Waals surface area contributed by atoms with Gasteiger partial charge in [-0.3, -0.25) is 0 Å². The third-order valence-electron chi connectivity index (χ3n) is 4.01. The van der Waals surface area contributed by atoms with Gasteiger partial charge in [0.1, 0.15) is 0 Å². The van der Waals surface area contributed by atoms with Crippen LogP contribution in [0.15, 0.2) is 0 Å². The predicted octanol–water partition coefficient (Wildman–Crippen LogP) is 2.46. The van der Waals surface area contributed by atoms with Crippen molar-refractivity contribution in [3.05, 3.63) is 10.6 Å². The molecule has 0 saturated carbocycles. The second kappa shape index (κ2) is 6.00. The summed E-state index contributed by atoms with van der Waals surface area (Å²) in [5.74, 6) is 0. The average molecular weight is 297 g/mol. The van der Waals surface area contributed by atoms with Gasteiger partial charge in [-0.15, -0.1) is 0 Å². The van der Waals surface area contributed by atoms with Crippen molar-refractivity contribution in [1.29, 1.82) is 0 Å². The number of aliphatic hydroxyl groups excluding tert-OH is 1. The molecule has 0 spiro atoms. The quantitative estimate of drug-likeness (QED) is 0.930. The first kappa shape index (κ1) is 15.7. The van der Waals surface area contributed by atoms with Crippen molar-refractivity contribution in [3.63, 3.8) is 0 Å². The van der Waals surface area contributed by atoms with Crippen molar-refractivity contribution in [2.45, 2.75) is 51.7 Å². The van der Waals surface area contributed by atoms with Crippen molar-refractivity contribution in [1.82, 2.24) is 9.88 Å². The summed E-state index contributed by atoms with van der Waals surface area (Å²) in [5.41, 5.74) is 1.05. The van der Waals surface area contributed by atoms with Crippen LogP contribution in [0.1, 0.15) is 44.2 Å². The Morgan fingerprint density at radius 2 is 1.90 bits per heavy atom. The molecule has 1 saturated heterocycles. The molecular weight excluding hydrogens is 270 g/mol. The van der Waals surface area contributed by atoms with Gasteiger partial charge in [0, 0.05) is 24.5 Å². The van der Waals surface area contributed by atoms with Crippen molar-refractivity contribution in [2.75, 3.05) is 32.1 Å². The lowest BCUT2D eigenvalue weighted by molar-refractivity contribution is 0.249. The topological polar surface area (TPSA) is 39.6 Å². The van der Waals surface area contributed by atoms with E-state index in [1.807, 2.05) is 0 Å². The fourth-order valence-electron chi connectivity index (χ4n) is 2.74.